The predicted molar refractivity (Wildman–Crippen MR) is 143 cm³/mol. The molecule has 3 heterocycles. The topological polar surface area (TPSA) is 166 Å². The van der Waals surface area contributed by atoms with E-state index in [4.69, 9.17) is 18.9 Å². The van der Waals surface area contributed by atoms with Gasteiger partial charge in [0.15, 0.2) is 12.1 Å². The van der Waals surface area contributed by atoms with E-state index >= 15 is 0 Å². The van der Waals surface area contributed by atoms with Gasteiger partial charge < -0.3 is 39.1 Å². The quantitative estimate of drug-likeness (QED) is 0.246. The zero-order chi connectivity index (χ0) is 30.8. The first-order chi connectivity index (χ1) is 19.6. The molecule has 0 bridgehead atoms. The summed E-state index contributed by atoms with van der Waals surface area (Å²) >= 11 is 0. The first-order valence-corrected chi connectivity index (χ1v) is 14.4. The molecule has 2 saturated heterocycles. The maximum Gasteiger partial charge on any atom is 0.336 e. The number of allylic oxidation sites excluding steroid dienone is 2. The molecular formula is C31H38O11. The fraction of sp³-hybridized carbons (Fsp3) is 0.677. The lowest BCUT2D eigenvalue weighted by molar-refractivity contribution is -0.255. The lowest BCUT2D eigenvalue weighted by Crippen LogP contribution is -2.74. The minimum Gasteiger partial charge on any atom is -0.456 e. The van der Waals surface area contributed by atoms with Crippen molar-refractivity contribution in [1.29, 1.82) is 0 Å². The number of hydrogen-bond donors (Lipinski definition) is 3. The van der Waals surface area contributed by atoms with Crippen molar-refractivity contribution in [3.63, 3.8) is 0 Å². The van der Waals surface area contributed by atoms with Crippen molar-refractivity contribution in [2.24, 2.45) is 39.4 Å². The minimum absolute atomic E-state index is 0.00210. The summed E-state index contributed by atoms with van der Waals surface area (Å²) in [6, 6.07) is 0. The van der Waals surface area contributed by atoms with Gasteiger partial charge in [-0.1, -0.05) is 32.9 Å². The van der Waals surface area contributed by atoms with Crippen LogP contribution in [0.3, 0.4) is 0 Å². The summed E-state index contributed by atoms with van der Waals surface area (Å²) in [7, 11) is 0. The van der Waals surface area contributed by atoms with Crippen molar-refractivity contribution in [2.75, 3.05) is 6.61 Å². The number of rotatable bonds is 4. The summed E-state index contributed by atoms with van der Waals surface area (Å²) in [6.07, 6.45) is -0.176. The maximum atomic E-state index is 13.9. The van der Waals surface area contributed by atoms with Crippen LogP contribution in [0.2, 0.25) is 0 Å². The lowest BCUT2D eigenvalue weighted by atomic mass is 9.39. The molecule has 0 unspecified atom stereocenters. The second-order valence-corrected chi connectivity index (χ2v) is 13.7. The number of esters is 2. The highest BCUT2D eigenvalue weighted by Crippen LogP contribution is 2.76. The maximum absolute atomic E-state index is 13.9. The Hall–Kier alpha value is -2.70. The summed E-state index contributed by atoms with van der Waals surface area (Å²) < 4.78 is 24.0. The van der Waals surface area contributed by atoms with Crippen molar-refractivity contribution >= 4 is 24.0 Å². The Labute approximate surface area is 243 Å². The number of fused-ring (bicyclic) bond motifs is 3. The van der Waals surface area contributed by atoms with Gasteiger partial charge in [0.25, 0.3) is 0 Å². The van der Waals surface area contributed by atoms with Gasteiger partial charge in [0.2, 0.25) is 6.29 Å². The third-order valence-electron chi connectivity index (χ3n) is 11.8. The molecule has 6 aliphatic rings. The molecule has 6 rings (SSSR count). The van der Waals surface area contributed by atoms with Crippen LogP contribution < -0.4 is 0 Å². The molecule has 1 spiro atoms. The first kappa shape index (κ1) is 29.4. The predicted octanol–water partition coefficient (Wildman–Crippen LogP) is 1.14. The summed E-state index contributed by atoms with van der Waals surface area (Å²) in [4.78, 5) is 53.4. The SMILES string of the molecule is C/C=C(\C)C(=O)O[C@@H]1[C@@H]2OC[C@]3(C)C=CC(=O)[C@@](C)([C@@H]23)[C@@H]2[C@@H](O)O[C@@]3([C@@H](O)C[C@@H](C4=C[C@@H](O)OC4=O)[C@]3(C)C=O)[C@]12C. The van der Waals surface area contributed by atoms with Crippen molar-refractivity contribution < 1.29 is 53.4 Å². The largest absolute Gasteiger partial charge is 0.456 e. The Morgan fingerprint density at radius 1 is 1.12 bits per heavy atom. The monoisotopic (exact) mass is 586 g/mol. The average Bonchev–Trinajstić information content (AvgIpc) is 3.61. The van der Waals surface area contributed by atoms with Gasteiger partial charge in [-0.2, -0.15) is 0 Å². The van der Waals surface area contributed by atoms with E-state index in [1.807, 2.05) is 6.92 Å². The van der Waals surface area contributed by atoms with Gasteiger partial charge in [0.1, 0.15) is 18.0 Å². The van der Waals surface area contributed by atoms with Crippen molar-refractivity contribution in [1.82, 2.24) is 0 Å². The minimum atomic E-state index is -1.96. The molecule has 3 aliphatic carbocycles. The molecule has 13 atom stereocenters. The number of carbonyl (C=O) groups is 4. The van der Waals surface area contributed by atoms with Crippen LogP contribution in [0.15, 0.2) is 35.5 Å². The summed E-state index contributed by atoms with van der Waals surface area (Å²) in [5.74, 6) is -4.34. The van der Waals surface area contributed by atoms with Gasteiger partial charge in [-0.25, -0.2) is 9.59 Å². The molecule has 11 heteroatoms. The molecule has 228 valence electrons. The van der Waals surface area contributed by atoms with Crippen molar-refractivity contribution in [2.45, 2.75) is 84.5 Å². The average molecular weight is 587 g/mol. The van der Waals surface area contributed by atoms with Crippen LogP contribution in [0.25, 0.3) is 0 Å². The van der Waals surface area contributed by atoms with E-state index < -0.39 is 87.8 Å². The van der Waals surface area contributed by atoms with Crippen LogP contribution in [0.5, 0.6) is 0 Å². The molecule has 3 N–H and O–H groups in total. The van der Waals surface area contributed by atoms with Crippen molar-refractivity contribution in [3.8, 4) is 0 Å². The van der Waals surface area contributed by atoms with Crippen LogP contribution in [-0.4, -0.2) is 82.4 Å². The second kappa shape index (κ2) is 8.92. The number of ether oxygens (including phenoxy) is 4. The smallest absolute Gasteiger partial charge is 0.336 e. The van der Waals surface area contributed by atoms with Crippen LogP contribution >= 0.6 is 0 Å². The Balaban J connectivity index is 1.62. The molecule has 0 aromatic carbocycles. The van der Waals surface area contributed by atoms with Gasteiger partial charge in [-0.3, -0.25) is 4.79 Å². The Morgan fingerprint density at radius 3 is 2.40 bits per heavy atom. The summed E-state index contributed by atoms with van der Waals surface area (Å²) in [5.41, 5.74) is -6.90. The Morgan fingerprint density at radius 2 is 1.81 bits per heavy atom. The normalized spacial score (nSPS) is 52.7. The van der Waals surface area contributed by atoms with Gasteiger partial charge in [-0.05, 0) is 39.3 Å². The molecule has 0 radical (unpaired) electrons. The van der Waals surface area contributed by atoms with E-state index in [1.54, 1.807) is 39.8 Å². The standard InChI is InChI=1S/C31H38O11/c1-7-14(2)24(36)41-23-20-21-27(3,13-39-20)9-8-17(33)29(21,5)22-26(38)42-31(30(22,23)6)18(34)11-16(28(31,4)12-32)15-10-19(35)40-25(15)37/h7-10,12,16,18-23,26,34-35,38H,11,13H2,1-6H3/b14-7+/t16-,18-,19-,20+,21-,22-,23+,26-,27-,28-,29-,30-,31+/m0/s1. The van der Waals surface area contributed by atoms with Crippen LogP contribution in [-0.2, 0) is 38.1 Å². The van der Waals surface area contributed by atoms with Crippen LogP contribution in [0, 0.1) is 39.4 Å². The third kappa shape index (κ3) is 3.13. The van der Waals surface area contributed by atoms with Gasteiger partial charge in [0, 0.05) is 45.1 Å². The number of aldehydes is 1. The first-order valence-electron chi connectivity index (χ1n) is 14.4. The zero-order valence-electron chi connectivity index (χ0n) is 24.5. The molecule has 0 aromatic heterocycles. The highest BCUT2D eigenvalue weighted by molar-refractivity contribution is 5.97. The fourth-order valence-electron chi connectivity index (χ4n) is 10.0. The molecule has 3 aliphatic heterocycles. The number of aliphatic hydroxyl groups is 3. The molecular weight excluding hydrogens is 548 g/mol. The molecule has 0 amide bonds. The van der Waals surface area contributed by atoms with E-state index in [0.717, 1.165) is 0 Å². The number of cyclic esters (lactones) is 1. The number of ketones is 1. The fourth-order valence-corrected chi connectivity index (χ4v) is 10.0. The second-order valence-electron chi connectivity index (χ2n) is 13.7. The van der Waals surface area contributed by atoms with E-state index in [2.05, 4.69) is 0 Å². The summed E-state index contributed by atoms with van der Waals surface area (Å²) in [5, 5.41) is 33.9. The van der Waals surface area contributed by atoms with Gasteiger partial charge in [-0.15, -0.1) is 0 Å². The number of carbonyl (C=O) groups excluding carboxylic acids is 4. The number of hydrogen-bond acceptors (Lipinski definition) is 11. The molecule has 11 nitrogen and oxygen atoms in total. The van der Waals surface area contributed by atoms with Crippen LogP contribution in [0.1, 0.15) is 48.0 Å². The van der Waals surface area contributed by atoms with E-state index in [9.17, 15) is 34.5 Å². The third-order valence-corrected chi connectivity index (χ3v) is 11.8. The van der Waals surface area contributed by atoms with Crippen molar-refractivity contribution in [3.05, 3.63) is 35.5 Å². The zero-order valence-corrected chi connectivity index (χ0v) is 24.5. The van der Waals surface area contributed by atoms with Gasteiger partial charge in [0.05, 0.1) is 24.2 Å². The lowest BCUT2D eigenvalue weighted by Gasteiger charge is -2.63. The Bertz CT molecular complexity index is 1370. The number of aliphatic hydroxyl groups excluding tert-OH is 3. The Kier molecular flexibility index (Phi) is 6.24. The van der Waals surface area contributed by atoms with Crippen LogP contribution in [0.4, 0.5) is 0 Å². The molecule has 42 heavy (non-hydrogen) atoms. The van der Waals surface area contributed by atoms with E-state index in [1.165, 1.54) is 19.1 Å². The van der Waals surface area contributed by atoms with Gasteiger partial charge >= 0.3 is 11.9 Å². The van der Waals surface area contributed by atoms with E-state index in [-0.39, 0.29) is 24.4 Å². The molecule has 4 fully saturated rings. The summed E-state index contributed by atoms with van der Waals surface area (Å²) in [6.45, 7) is 10.4. The highest BCUT2D eigenvalue weighted by atomic mass is 16.6. The molecule has 2 saturated carbocycles. The van der Waals surface area contributed by atoms with E-state index in [0.29, 0.717) is 11.9 Å². The highest BCUT2D eigenvalue weighted by Gasteiger charge is 2.87. The molecule has 0 aromatic rings.